The molecule has 6 heteroatoms. The largest absolute Gasteiger partial charge is 0.379 e. The third-order valence-electron chi connectivity index (χ3n) is 5.98. The third-order valence-corrected chi connectivity index (χ3v) is 5.98. The third kappa shape index (κ3) is 3.65. The van der Waals surface area contributed by atoms with Crippen LogP contribution in [-0.4, -0.2) is 53.2 Å². The first-order valence-corrected chi connectivity index (χ1v) is 9.87. The smallest absolute Gasteiger partial charge is 0.134 e. The van der Waals surface area contributed by atoms with E-state index in [1.165, 1.54) is 50.2 Å². The van der Waals surface area contributed by atoms with Gasteiger partial charge in [-0.2, -0.15) is 0 Å². The maximum Gasteiger partial charge on any atom is 0.134 e. The van der Waals surface area contributed by atoms with Crippen LogP contribution in [0.2, 0.25) is 0 Å². The van der Waals surface area contributed by atoms with Crippen molar-refractivity contribution in [1.29, 1.82) is 0 Å². The maximum absolute atomic E-state index is 5.67. The first-order valence-electron chi connectivity index (χ1n) is 9.87. The minimum atomic E-state index is 0.531. The van der Waals surface area contributed by atoms with Gasteiger partial charge in [-0.25, -0.2) is 0 Å². The zero-order valence-electron chi connectivity index (χ0n) is 14.7. The fourth-order valence-electron chi connectivity index (χ4n) is 4.68. The molecule has 1 aliphatic carbocycles. The van der Waals surface area contributed by atoms with Crippen molar-refractivity contribution in [2.24, 2.45) is 5.92 Å². The van der Waals surface area contributed by atoms with Gasteiger partial charge in [-0.15, -0.1) is 10.2 Å². The summed E-state index contributed by atoms with van der Waals surface area (Å²) in [6.07, 6.45) is 9.88. The highest BCUT2D eigenvalue weighted by Crippen LogP contribution is 2.29. The van der Waals surface area contributed by atoms with Crippen molar-refractivity contribution in [2.75, 3.05) is 26.3 Å². The Labute approximate surface area is 144 Å². The van der Waals surface area contributed by atoms with Gasteiger partial charge >= 0.3 is 0 Å². The van der Waals surface area contributed by atoms with E-state index >= 15 is 0 Å². The van der Waals surface area contributed by atoms with Gasteiger partial charge < -0.3 is 19.9 Å². The van der Waals surface area contributed by atoms with Gasteiger partial charge in [-0.1, -0.05) is 12.8 Å². The molecule has 2 fully saturated rings. The van der Waals surface area contributed by atoms with Crippen LogP contribution in [0.4, 0.5) is 0 Å². The molecule has 0 spiro atoms. The number of nitrogens with one attached hydrogen (secondary N) is 2. The number of nitrogens with zero attached hydrogens (tertiary/aromatic N) is 3. The predicted molar refractivity (Wildman–Crippen MR) is 93.0 cm³/mol. The molecule has 0 radical (unpaired) electrons. The molecule has 4 rings (SSSR count). The van der Waals surface area contributed by atoms with Crippen molar-refractivity contribution in [3.05, 3.63) is 11.6 Å². The Kier molecular flexibility index (Phi) is 5.45. The summed E-state index contributed by atoms with van der Waals surface area (Å²) in [5, 5.41) is 16.3. The van der Waals surface area contributed by atoms with Crippen LogP contribution in [0.25, 0.3) is 0 Å². The SMILES string of the molecule is C1CCc2nnc(CCNC3CCCC3C3COCCN3)n2CC1. The van der Waals surface area contributed by atoms with E-state index in [9.17, 15) is 0 Å². The summed E-state index contributed by atoms with van der Waals surface area (Å²) in [4.78, 5) is 0. The predicted octanol–water partition coefficient (Wildman–Crippen LogP) is 1.29. The Hall–Kier alpha value is -0.980. The van der Waals surface area contributed by atoms with Crippen LogP contribution in [0, 0.1) is 5.92 Å². The molecule has 0 amide bonds. The monoisotopic (exact) mass is 333 g/mol. The van der Waals surface area contributed by atoms with E-state index in [0.717, 1.165) is 45.7 Å². The number of rotatable bonds is 5. The molecule has 1 aromatic rings. The number of fused-ring (bicyclic) bond motifs is 1. The number of aryl methyl sites for hydroxylation is 1. The van der Waals surface area contributed by atoms with Crippen molar-refractivity contribution in [3.63, 3.8) is 0 Å². The number of hydrogen-bond acceptors (Lipinski definition) is 5. The van der Waals surface area contributed by atoms with Crippen molar-refractivity contribution in [3.8, 4) is 0 Å². The van der Waals surface area contributed by atoms with E-state index in [1.54, 1.807) is 0 Å². The quantitative estimate of drug-likeness (QED) is 0.850. The van der Waals surface area contributed by atoms with Gasteiger partial charge in [0.1, 0.15) is 11.6 Å². The van der Waals surface area contributed by atoms with Gasteiger partial charge in [0.05, 0.1) is 13.2 Å². The second kappa shape index (κ2) is 7.93. The molecule has 2 aliphatic heterocycles. The fraction of sp³-hybridized carbons (Fsp3) is 0.889. The van der Waals surface area contributed by atoms with E-state index in [1.807, 2.05) is 0 Å². The van der Waals surface area contributed by atoms with Crippen LogP contribution in [-0.2, 0) is 24.1 Å². The molecule has 134 valence electrons. The Morgan fingerprint density at radius 1 is 1.17 bits per heavy atom. The molecule has 3 heterocycles. The van der Waals surface area contributed by atoms with Gasteiger partial charge in [-0.3, -0.25) is 0 Å². The molecule has 3 aliphatic rings. The van der Waals surface area contributed by atoms with E-state index in [0.29, 0.717) is 18.0 Å². The van der Waals surface area contributed by atoms with Crippen molar-refractivity contribution >= 4 is 0 Å². The molecule has 6 nitrogen and oxygen atoms in total. The lowest BCUT2D eigenvalue weighted by Gasteiger charge is -2.33. The Bertz CT molecular complexity index is 525. The summed E-state index contributed by atoms with van der Waals surface area (Å²) in [5.74, 6) is 3.08. The van der Waals surface area contributed by atoms with Gasteiger partial charge in [0.15, 0.2) is 0 Å². The number of ether oxygens (including phenoxy) is 1. The topological polar surface area (TPSA) is 64.0 Å². The molecule has 24 heavy (non-hydrogen) atoms. The zero-order valence-corrected chi connectivity index (χ0v) is 14.7. The van der Waals surface area contributed by atoms with Gasteiger partial charge in [0.25, 0.3) is 0 Å². The van der Waals surface area contributed by atoms with Crippen molar-refractivity contribution in [1.82, 2.24) is 25.4 Å². The van der Waals surface area contributed by atoms with Crippen LogP contribution < -0.4 is 10.6 Å². The van der Waals surface area contributed by atoms with E-state index < -0.39 is 0 Å². The number of aromatic nitrogens is 3. The highest BCUT2D eigenvalue weighted by molar-refractivity contribution is 4.99. The van der Waals surface area contributed by atoms with Gasteiger partial charge in [0.2, 0.25) is 0 Å². The van der Waals surface area contributed by atoms with Gasteiger partial charge in [-0.05, 0) is 31.6 Å². The first-order chi connectivity index (χ1) is 11.9. The molecule has 0 bridgehead atoms. The number of hydrogen-bond donors (Lipinski definition) is 2. The average Bonchev–Trinajstić information content (AvgIpc) is 3.17. The van der Waals surface area contributed by atoms with Crippen LogP contribution in [0.15, 0.2) is 0 Å². The molecule has 1 saturated heterocycles. The summed E-state index contributed by atoms with van der Waals surface area (Å²) in [5.41, 5.74) is 0. The molecular weight excluding hydrogens is 302 g/mol. The van der Waals surface area contributed by atoms with E-state index in [-0.39, 0.29) is 0 Å². The summed E-state index contributed by atoms with van der Waals surface area (Å²) in [6, 6.07) is 1.15. The first kappa shape index (κ1) is 16.5. The zero-order chi connectivity index (χ0) is 16.2. The molecular formula is C18H31N5O. The maximum atomic E-state index is 5.67. The second-order valence-corrected chi connectivity index (χ2v) is 7.54. The standard InChI is InChI=1S/C18H31N5O/c1-2-7-17-21-22-18(23(17)11-3-1)8-9-19-15-6-4-5-14(15)16-13-24-12-10-20-16/h14-16,19-20H,1-13H2. The minimum Gasteiger partial charge on any atom is -0.379 e. The summed E-state index contributed by atoms with van der Waals surface area (Å²) >= 11 is 0. The normalized spacial score (nSPS) is 30.9. The second-order valence-electron chi connectivity index (χ2n) is 7.54. The van der Waals surface area contributed by atoms with Crippen LogP contribution in [0.1, 0.15) is 50.2 Å². The lowest BCUT2D eigenvalue weighted by molar-refractivity contribution is 0.0526. The molecule has 2 N–H and O–H groups in total. The molecule has 3 unspecified atom stereocenters. The molecule has 1 aromatic heterocycles. The highest BCUT2D eigenvalue weighted by atomic mass is 16.5. The summed E-state index contributed by atoms with van der Waals surface area (Å²) < 4.78 is 8.04. The van der Waals surface area contributed by atoms with Crippen LogP contribution in [0.3, 0.4) is 0 Å². The lowest BCUT2D eigenvalue weighted by Crippen LogP contribution is -2.51. The molecule has 3 atom stereocenters. The molecule has 0 aromatic carbocycles. The summed E-state index contributed by atoms with van der Waals surface area (Å²) in [6.45, 7) is 4.85. The minimum absolute atomic E-state index is 0.531. The van der Waals surface area contributed by atoms with E-state index in [2.05, 4.69) is 25.4 Å². The molecule has 1 saturated carbocycles. The Morgan fingerprint density at radius 3 is 3.08 bits per heavy atom. The van der Waals surface area contributed by atoms with Gasteiger partial charge in [0, 0.05) is 44.6 Å². The summed E-state index contributed by atoms with van der Waals surface area (Å²) in [7, 11) is 0. The fourth-order valence-corrected chi connectivity index (χ4v) is 4.68. The van der Waals surface area contributed by atoms with Crippen molar-refractivity contribution in [2.45, 2.75) is 70.0 Å². The number of morpholine rings is 1. The van der Waals surface area contributed by atoms with E-state index in [4.69, 9.17) is 4.74 Å². The Balaban J connectivity index is 1.30. The average molecular weight is 333 g/mol. The van der Waals surface area contributed by atoms with Crippen LogP contribution in [0.5, 0.6) is 0 Å². The van der Waals surface area contributed by atoms with Crippen molar-refractivity contribution < 1.29 is 4.74 Å². The lowest BCUT2D eigenvalue weighted by atomic mass is 9.94. The highest BCUT2D eigenvalue weighted by Gasteiger charge is 2.34. The van der Waals surface area contributed by atoms with Crippen LogP contribution >= 0.6 is 0 Å². The Morgan fingerprint density at radius 2 is 2.17 bits per heavy atom.